The van der Waals surface area contributed by atoms with Crippen molar-refractivity contribution in [2.75, 3.05) is 13.4 Å². The van der Waals surface area contributed by atoms with Crippen LogP contribution in [-0.4, -0.2) is 27.8 Å². The van der Waals surface area contributed by atoms with Gasteiger partial charge in [-0.2, -0.15) is 0 Å². The molecular weight excluding hydrogens is 240 g/mol. The van der Waals surface area contributed by atoms with E-state index in [1.807, 2.05) is 6.92 Å². The van der Waals surface area contributed by atoms with Gasteiger partial charge in [-0.3, -0.25) is 4.79 Å². The predicted octanol–water partition coefficient (Wildman–Crippen LogP) is 1.76. The fourth-order valence-electron chi connectivity index (χ4n) is 1.63. The zero-order valence-electron chi connectivity index (χ0n) is 10.1. The Morgan fingerprint density at radius 1 is 1.29 bits per heavy atom. The summed E-state index contributed by atoms with van der Waals surface area (Å²) in [4.78, 5) is 11.7. The first-order valence-corrected chi connectivity index (χ1v) is 7.17. The van der Waals surface area contributed by atoms with E-state index in [1.54, 1.807) is 12.1 Å². The van der Waals surface area contributed by atoms with Crippen molar-refractivity contribution in [1.82, 2.24) is 0 Å². The van der Waals surface area contributed by atoms with Gasteiger partial charge in [0.05, 0.1) is 17.9 Å². The number of carbonyl (C=O) groups excluding carboxylic acids is 1. The van der Waals surface area contributed by atoms with Crippen molar-refractivity contribution in [3.63, 3.8) is 0 Å². The van der Waals surface area contributed by atoms with Crippen molar-refractivity contribution in [3.05, 3.63) is 29.8 Å². The van der Waals surface area contributed by atoms with E-state index in [4.69, 9.17) is 4.74 Å². The third kappa shape index (κ3) is 3.30. The molecule has 1 atom stereocenters. The summed E-state index contributed by atoms with van der Waals surface area (Å²) in [7, 11) is -1.85. The molecule has 0 aliphatic carbocycles. The molecule has 0 amide bonds. The minimum atomic E-state index is -3.19. The SMILES string of the molecule is CCC(C(=O)OC)c1ccc(S(C)(=O)=O)cc1. The highest BCUT2D eigenvalue weighted by Gasteiger charge is 2.19. The molecule has 1 aromatic carbocycles. The zero-order chi connectivity index (χ0) is 13.1. The van der Waals surface area contributed by atoms with Crippen molar-refractivity contribution in [2.45, 2.75) is 24.2 Å². The second kappa shape index (κ2) is 5.31. The van der Waals surface area contributed by atoms with Gasteiger partial charge in [-0.1, -0.05) is 19.1 Å². The lowest BCUT2D eigenvalue weighted by molar-refractivity contribution is -0.142. The van der Waals surface area contributed by atoms with E-state index in [0.717, 1.165) is 11.8 Å². The number of ether oxygens (including phenoxy) is 1. The third-order valence-electron chi connectivity index (χ3n) is 2.60. The van der Waals surface area contributed by atoms with E-state index in [2.05, 4.69) is 0 Å². The third-order valence-corrected chi connectivity index (χ3v) is 3.73. The minimum absolute atomic E-state index is 0.251. The molecule has 0 N–H and O–H groups in total. The first-order chi connectivity index (χ1) is 7.90. The Kier molecular flexibility index (Phi) is 4.28. The normalized spacial score (nSPS) is 13.1. The average Bonchev–Trinajstić information content (AvgIpc) is 2.29. The van der Waals surface area contributed by atoms with Crippen molar-refractivity contribution >= 4 is 15.8 Å². The van der Waals surface area contributed by atoms with Crippen molar-refractivity contribution < 1.29 is 17.9 Å². The number of esters is 1. The highest BCUT2D eigenvalue weighted by Crippen LogP contribution is 2.22. The van der Waals surface area contributed by atoms with Crippen LogP contribution >= 0.6 is 0 Å². The molecule has 17 heavy (non-hydrogen) atoms. The molecule has 1 rings (SSSR count). The molecule has 0 saturated carbocycles. The molecule has 0 radical (unpaired) electrons. The predicted molar refractivity (Wildman–Crippen MR) is 64.6 cm³/mol. The second-order valence-electron chi connectivity index (χ2n) is 3.83. The van der Waals surface area contributed by atoms with E-state index in [1.165, 1.54) is 19.2 Å². The van der Waals surface area contributed by atoms with Gasteiger partial charge >= 0.3 is 5.97 Å². The maximum Gasteiger partial charge on any atom is 0.313 e. The quantitative estimate of drug-likeness (QED) is 0.770. The molecule has 1 aromatic rings. The first kappa shape index (κ1) is 13.7. The first-order valence-electron chi connectivity index (χ1n) is 5.28. The van der Waals surface area contributed by atoms with Crippen LogP contribution in [0.15, 0.2) is 29.2 Å². The summed E-state index contributed by atoms with van der Waals surface area (Å²) in [5, 5.41) is 0. The lowest BCUT2D eigenvalue weighted by Gasteiger charge is -2.12. The maximum atomic E-state index is 11.5. The van der Waals surface area contributed by atoms with E-state index >= 15 is 0 Å². The highest BCUT2D eigenvalue weighted by atomic mass is 32.2. The lowest BCUT2D eigenvalue weighted by Crippen LogP contribution is -2.13. The average molecular weight is 256 g/mol. The largest absolute Gasteiger partial charge is 0.469 e. The molecule has 4 nitrogen and oxygen atoms in total. The van der Waals surface area contributed by atoms with Crippen molar-refractivity contribution in [2.24, 2.45) is 0 Å². The van der Waals surface area contributed by atoms with Crippen LogP contribution in [0, 0.1) is 0 Å². The topological polar surface area (TPSA) is 60.4 Å². The highest BCUT2D eigenvalue weighted by molar-refractivity contribution is 7.90. The molecule has 0 fully saturated rings. The number of sulfone groups is 1. The lowest BCUT2D eigenvalue weighted by atomic mass is 9.97. The number of hydrogen-bond donors (Lipinski definition) is 0. The van der Waals surface area contributed by atoms with E-state index in [-0.39, 0.29) is 16.8 Å². The number of benzene rings is 1. The van der Waals surface area contributed by atoms with Crippen LogP contribution in [0.25, 0.3) is 0 Å². The van der Waals surface area contributed by atoms with Crippen LogP contribution in [0.1, 0.15) is 24.8 Å². The molecule has 0 bridgehead atoms. The van der Waals surface area contributed by atoms with E-state index in [9.17, 15) is 13.2 Å². The summed E-state index contributed by atoms with van der Waals surface area (Å²) in [5.41, 5.74) is 0.770. The molecule has 0 spiro atoms. The Bertz CT molecular complexity index is 488. The smallest absolute Gasteiger partial charge is 0.313 e. The van der Waals surface area contributed by atoms with Gasteiger partial charge in [-0.05, 0) is 24.1 Å². The van der Waals surface area contributed by atoms with Gasteiger partial charge in [0.15, 0.2) is 9.84 Å². The molecule has 5 heteroatoms. The Morgan fingerprint density at radius 2 is 1.82 bits per heavy atom. The van der Waals surface area contributed by atoms with Crippen molar-refractivity contribution in [1.29, 1.82) is 0 Å². The summed E-state index contributed by atoms with van der Waals surface area (Å²) < 4.78 is 27.3. The molecular formula is C12H16O4S. The fraction of sp³-hybridized carbons (Fsp3) is 0.417. The van der Waals surface area contributed by atoms with Crippen LogP contribution in [0.2, 0.25) is 0 Å². The maximum absolute atomic E-state index is 11.5. The van der Waals surface area contributed by atoms with Gasteiger partial charge in [0.2, 0.25) is 0 Å². The zero-order valence-corrected chi connectivity index (χ0v) is 11.0. The molecule has 0 aliphatic heterocycles. The number of hydrogen-bond acceptors (Lipinski definition) is 4. The van der Waals surface area contributed by atoms with Gasteiger partial charge < -0.3 is 4.74 Å². The number of methoxy groups -OCH3 is 1. The summed E-state index contributed by atoms with van der Waals surface area (Å²) in [6.07, 6.45) is 1.77. The van der Waals surface area contributed by atoms with E-state index in [0.29, 0.717) is 6.42 Å². The van der Waals surface area contributed by atoms with Crippen LogP contribution in [0.5, 0.6) is 0 Å². The van der Waals surface area contributed by atoms with Crippen LogP contribution in [-0.2, 0) is 19.4 Å². The number of carbonyl (C=O) groups is 1. The second-order valence-corrected chi connectivity index (χ2v) is 5.84. The van der Waals surface area contributed by atoms with Gasteiger partial charge in [0.25, 0.3) is 0 Å². The van der Waals surface area contributed by atoms with Crippen molar-refractivity contribution in [3.8, 4) is 0 Å². The van der Waals surface area contributed by atoms with Gasteiger partial charge in [0.1, 0.15) is 0 Å². The molecule has 0 aromatic heterocycles. The van der Waals surface area contributed by atoms with Gasteiger partial charge in [-0.25, -0.2) is 8.42 Å². The molecule has 1 unspecified atom stereocenters. The van der Waals surface area contributed by atoms with Crippen LogP contribution < -0.4 is 0 Å². The Hall–Kier alpha value is -1.36. The van der Waals surface area contributed by atoms with Gasteiger partial charge in [-0.15, -0.1) is 0 Å². The molecule has 0 saturated heterocycles. The van der Waals surface area contributed by atoms with E-state index < -0.39 is 9.84 Å². The molecule has 94 valence electrons. The summed E-state index contributed by atoms with van der Waals surface area (Å²) >= 11 is 0. The standard InChI is InChI=1S/C12H16O4S/c1-4-11(12(13)16-2)9-5-7-10(8-6-9)17(3,14)15/h5-8,11H,4H2,1-3H3. The fourth-order valence-corrected chi connectivity index (χ4v) is 2.26. The van der Waals surface area contributed by atoms with Crippen LogP contribution in [0.3, 0.4) is 0 Å². The monoisotopic (exact) mass is 256 g/mol. The van der Waals surface area contributed by atoms with Gasteiger partial charge in [0, 0.05) is 6.26 Å². The summed E-state index contributed by atoms with van der Waals surface area (Å²) in [5.74, 6) is -0.645. The Morgan fingerprint density at radius 3 is 2.18 bits per heavy atom. The summed E-state index contributed by atoms with van der Waals surface area (Å²) in [6.45, 7) is 1.88. The Balaban J connectivity index is 3.05. The number of rotatable bonds is 4. The van der Waals surface area contributed by atoms with Crippen LogP contribution in [0.4, 0.5) is 0 Å². The summed E-state index contributed by atoms with van der Waals surface area (Å²) in [6, 6.07) is 6.33. The molecule has 0 aliphatic rings. The minimum Gasteiger partial charge on any atom is -0.469 e. The molecule has 0 heterocycles. The Labute approximate surface area is 102 Å².